The van der Waals surface area contributed by atoms with Crippen molar-refractivity contribution in [1.82, 2.24) is 10.2 Å². The summed E-state index contributed by atoms with van der Waals surface area (Å²) in [7, 11) is 0. The molecular formula is C17H34N2. The minimum atomic E-state index is 0.574. The summed E-state index contributed by atoms with van der Waals surface area (Å²) in [5.41, 5.74) is 0.574. The maximum Gasteiger partial charge on any atom is 0.0107 e. The zero-order valence-corrected chi connectivity index (χ0v) is 13.4. The molecule has 0 radical (unpaired) electrons. The molecule has 1 N–H and O–H groups in total. The van der Waals surface area contributed by atoms with Gasteiger partial charge < -0.3 is 10.2 Å². The van der Waals surface area contributed by atoms with Crippen molar-refractivity contribution in [2.24, 2.45) is 11.3 Å². The maximum absolute atomic E-state index is 3.78. The van der Waals surface area contributed by atoms with Crippen LogP contribution in [0.3, 0.4) is 0 Å². The first-order valence-corrected chi connectivity index (χ1v) is 8.56. The second-order valence-electron chi connectivity index (χ2n) is 7.57. The van der Waals surface area contributed by atoms with Crippen LogP contribution in [0, 0.1) is 11.3 Å². The van der Waals surface area contributed by atoms with E-state index in [-0.39, 0.29) is 0 Å². The van der Waals surface area contributed by atoms with Crippen LogP contribution in [0.5, 0.6) is 0 Å². The molecule has 2 aliphatic rings. The Morgan fingerprint density at radius 3 is 2.74 bits per heavy atom. The van der Waals surface area contributed by atoms with Gasteiger partial charge in [0, 0.05) is 12.6 Å². The van der Waals surface area contributed by atoms with Crippen molar-refractivity contribution in [3.63, 3.8) is 0 Å². The molecule has 0 amide bonds. The van der Waals surface area contributed by atoms with E-state index in [1.807, 2.05) is 0 Å². The van der Waals surface area contributed by atoms with Gasteiger partial charge in [0.25, 0.3) is 0 Å². The van der Waals surface area contributed by atoms with Crippen LogP contribution in [0.4, 0.5) is 0 Å². The first-order chi connectivity index (χ1) is 9.11. The highest BCUT2D eigenvalue weighted by Crippen LogP contribution is 2.32. The molecule has 1 saturated carbocycles. The lowest BCUT2D eigenvalue weighted by molar-refractivity contribution is 0.211. The predicted octanol–water partition coefficient (Wildman–Crippen LogP) is 3.67. The van der Waals surface area contributed by atoms with Crippen molar-refractivity contribution in [1.29, 1.82) is 0 Å². The van der Waals surface area contributed by atoms with Gasteiger partial charge in [-0.15, -0.1) is 0 Å². The third kappa shape index (κ3) is 4.75. The molecule has 2 nitrogen and oxygen atoms in total. The molecule has 0 bridgehead atoms. The molecule has 0 spiro atoms. The molecule has 2 fully saturated rings. The molecule has 2 rings (SSSR count). The van der Waals surface area contributed by atoms with E-state index in [4.69, 9.17) is 0 Å². The van der Waals surface area contributed by atoms with Gasteiger partial charge in [0.1, 0.15) is 0 Å². The molecule has 1 aliphatic heterocycles. The van der Waals surface area contributed by atoms with E-state index in [9.17, 15) is 0 Å². The standard InChI is InChI=1S/C17H34N2/c1-4-11-18-16-8-5-7-15(16)14-19-12-6-9-17(2,3)10-13-19/h15-16,18H,4-14H2,1-3H3. The van der Waals surface area contributed by atoms with E-state index in [1.165, 1.54) is 71.1 Å². The van der Waals surface area contributed by atoms with Gasteiger partial charge in [0.2, 0.25) is 0 Å². The van der Waals surface area contributed by atoms with Crippen molar-refractivity contribution in [3.8, 4) is 0 Å². The Morgan fingerprint density at radius 1 is 1.11 bits per heavy atom. The molecule has 19 heavy (non-hydrogen) atoms. The lowest BCUT2D eigenvalue weighted by Crippen LogP contribution is -2.40. The quantitative estimate of drug-likeness (QED) is 0.817. The van der Waals surface area contributed by atoms with Crippen LogP contribution in [0.1, 0.15) is 65.7 Å². The second kappa shape index (κ2) is 7.08. The largest absolute Gasteiger partial charge is 0.314 e. The third-order valence-electron chi connectivity index (χ3n) is 5.24. The number of likely N-dealkylation sites (tertiary alicyclic amines) is 1. The monoisotopic (exact) mass is 266 g/mol. The van der Waals surface area contributed by atoms with Gasteiger partial charge in [-0.25, -0.2) is 0 Å². The summed E-state index contributed by atoms with van der Waals surface area (Å²) in [6, 6.07) is 0.802. The van der Waals surface area contributed by atoms with Crippen LogP contribution in [0.2, 0.25) is 0 Å². The number of hydrogen-bond acceptors (Lipinski definition) is 2. The van der Waals surface area contributed by atoms with Crippen LogP contribution < -0.4 is 5.32 Å². The summed E-state index contributed by atoms with van der Waals surface area (Å²) in [5, 5.41) is 3.78. The minimum Gasteiger partial charge on any atom is -0.314 e. The SMILES string of the molecule is CCCNC1CCCC1CN1CCCC(C)(C)CC1. The number of nitrogens with zero attached hydrogens (tertiary/aromatic N) is 1. The van der Waals surface area contributed by atoms with Gasteiger partial charge in [0.05, 0.1) is 0 Å². The second-order valence-corrected chi connectivity index (χ2v) is 7.57. The Morgan fingerprint density at radius 2 is 1.95 bits per heavy atom. The molecule has 0 aromatic heterocycles. The highest BCUT2D eigenvalue weighted by Gasteiger charge is 2.30. The Hall–Kier alpha value is -0.0800. The first kappa shape index (κ1) is 15.3. The minimum absolute atomic E-state index is 0.574. The fourth-order valence-corrected chi connectivity index (χ4v) is 3.85. The number of nitrogens with one attached hydrogen (secondary N) is 1. The van der Waals surface area contributed by atoms with Crippen molar-refractivity contribution in [3.05, 3.63) is 0 Å². The molecule has 2 unspecified atom stereocenters. The summed E-state index contributed by atoms with van der Waals surface area (Å²) in [5.74, 6) is 0.910. The molecule has 0 aromatic carbocycles. The van der Waals surface area contributed by atoms with E-state index in [0.29, 0.717) is 5.41 Å². The Labute approximate surface area is 120 Å². The molecule has 112 valence electrons. The molecule has 1 saturated heterocycles. The fourth-order valence-electron chi connectivity index (χ4n) is 3.85. The fraction of sp³-hybridized carbons (Fsp3) is 1.00. The highest BCUT2D eigenvalue weighted by atomic mass is 15.1. The smallest absolute Gasteiger partial charge is 0.0107 e. The Kier molecular flexibility index (Phi) is 5.70. The van der Waals surface area contributed by atoms with E-state index >= 15 is 0 Å². The van der Waals surface area contributed by atoms with E-state index in [0.717, 1.165) is 12.0 Å². The van der Waals surface area contributed by atoms with Gasteiger partial charge in [-0.1, -0.05) is 27.2 Å². The van der Waals surface area contributed by atoms with E-state index in [2.05, 4.69) is 31.0 Å². The predicted molar refractivity (Wildman–Crippen MR) is 83.5 cm³/mol. The van der Waals surface area contributed by atoms with Crippen molar-refractivity contribution < 1.29 is 0 Å². The van der Waals surface area contributed by atoms with Crippen LogP contribution in [-0.4, -0.2) is 37.1 Å². The van der Waals surface area contributed by atoms with Gasteiger partial charge in [-0.2, -0.15) is 0 Å². The first-order valence-electron chi connectivity index (χ1n) is 8.56. The third-order valence-corrected chi connectivity index (χ3v) is 5.24. The van der Waals surface area contributed by atoms with E-state index in [1.54, 1.807) is 0 Å². The van der Waals surface area contributed by atoms with Gasteiger partial charge in [-0.05, 0) is 69.5 Å². The normalized spacial score (nSPS) is 32.4. The molecule has 2 heteroatoms. The molecule has 0 aromatic rings. The van der Waals surface area contributed by atoms with Crippen molar-refractivity contribution in [2.45, 2.75) is 71.8 Å². The van der Waals surface area contributed by atoms with Gasteiger partial charge in [-0.3, -0.25) is 0 Å². The zero-order valence-electron chi connectivity index (χ0n) is 13.4. The number of hydrogen-bond donors (Lipinski definition) is 1. The molecule has 1 heterocycles. The van der Waals surface area contributed by atoms with Crippen molar-refractivity contribution >= 4 is 0 Å². The van der Waals surface area contributed by atoms with Crippen LogP contribution in [0.15, 0.2) is 0 Å². The maximum atomic E-state index is 3.78. The summed E-state index contributed by atoms with van der Waals surface area (Å²) >= 11 is 0. The summed E-state index contributed by atoms with van der Waals surface area (Å²) < 4.78 is 0. The van der Waals surface area contributed by atoms with Crippen molar-refractivity contribution in [2.75, 3.05) is 26.2 Å². The summed E-state index contributed by atoms with van der Waals surface area (Å²) in [6.07, 6.45) is 9.74. The van der Waals surface area contributed by atoms with Crippen LogP contribution in [-0.2, 0) is 0 Å². The summed E-state index contributed by atoms with van der Waals surface area (Å²) in [6.45, 7) is 12.4. The lowest BCUT2D eigenvalue weighted by Gasteiger charge is -2.28. The van der Waals surface area contributed by atoms with E-state index < -0.39 is 0 Å². The Balaban J connectivity index is 1.79. The summed E-state index contributed by atoms with van der Waals surface area (Å²) in [4.78, 5) is 2.76. The van der Waals surface area contributed by atoms with Gasteiger partial charge in [0.15, 0.2) is 0 Å². The highest BCUT2D eigenvalue weighted by molar-refractivity contribution is 4.86. The zero-order chi connectivity index (χ0) is 13.7. The molecular weight excluding hydrogens is 232 g/mol. The Bertz CT molecular complexity index is 262. The average molecular weight is 266 g/mol. The molecule has 1 aliphatic carbocycles. The molecule has 2 atom stereocenters. The van der Waals surface area contributed by atoms with Gasteiger partial charge >= 0.3 is 0 Å². The lowest BCUT2D eigenvalue weighted by atomic mass is 9.85. The topological polar surface area (TPSA) is 15.3 Å². The average Bonchev–Trinajstić information content (AvgIpc) is 2.72. The number of rotatable bonds is 5. The van der Waals surface area contributed by atoms with Crippen LogP contribution >= 0.6 is 0 Å². The van der Waals surface area contributed by atoms with Crippen LogP contribution in [0.25, 0.3) is 0 Å².